The van der Waals surface area contributed by atoms with E-state index in [0.29, 0.717) is 13.0 Å². The van der Waals surface area contributed by atoms with Crippen LogP contribution in [0.3, 0.4) is 0 Å². The van der Waals surface area contributed by atoms with Crippen LogP contribution in [-0.2, 0) is 27.2 Å². The van der Waals surface area contributed by atoms with E-state index in [1.54, 1.807) is 0 Å². The van der Waals surface area contributed by atoms with Crippen LogP contribution in [-0.4, -0.2) is 47.2 Å². The molecule has 1 fully saturated rings. The second-order valence-electron chi connectivity index (χ2n) is 6.19. The normalized spacial score (nSPS) is 14.7. The molecule has 6 heteroatoms. The first kappa shape index (κ1) is 18.3. The van der Waals surface area contributed by atoms with Gasteiger partial charge in [0.25, 0.3) is 0 Å². The zero-order chi connectivity index (χ0) is 18.5. The van der Waals surface area contributed by atoms with Crippen molar-refractivity contribution in [1.82, 2.24) is 9.80 Å². The number of piperazine rings is 1. The monoisotopic (exact) mass is 414 g/mol. The molecule has 0 N–H and O–H groups in total. The number of rotatable bonds is 5. The second kappa shape index (κ2) is 8.27. The highest BCUT2D eigenvalue weighted by molar-refractivity contribution is 9.10. The maximum atomic E-state index is 12.5. The van der Waals surface area contributed by atoms with Crippen LogP contribution >= 0.6 is 15.9 Å². The highest BCUT2D eigenvalue weighted by Gasteiger charge is 2.33. The largest absolute Gasteiger partial charge is 0.324 e. The van der Waals surface area contributed by atoms with E-state index in [4.69, 9.17) is 0 Å². The first-order valence-electron chi connectivity index (χ1n) is 8.43. The van der Waals surface area contributed by atoms with Gasteiger partial charge in [-0.15, -0.1) is 0 Å². The Kier molecular flexibility index (Phi) is 5.83. The quantitative estimate of drug-likeness (QED) is 0.705. The number of amides is 3. The van der Waals surface area contributed by atoms with Crippen molar-refractivity contribution in [2.24, 2.45) is 0 Å². The molecule has 2 aromatic carbocycles. The maximum Gasteiger partial charge on any atom is 0.248 e. The summed E-state index contributed by atoms with van der Waals surface area (Å²) in [6, 6.07) is 17.1. The summed E-state index contributed by atoms with van der Waals surface area (Å²) in [7, 11) is 0. The Labute approximate surface area is 160 Å². The number of carbonyl (C=O) groups is 3. The third-order valence-electron chi connectivity index (χ3n) is 4.37. The summed E-state index contributed by atoms with van der Waals surface area (Å²) in [5.41, 5.74) is 1.91. The van der Waals surface area contributed by atoms with Crippen molar-refractivity contribution in [2.75, 3.05) is 19.6 Å². The molecule has 0 atom stereocenters. The van der Waals surface area contributed by atoms with Crippen LogP contribution in [0.1, 0.15) is 11.1 Å². The van der Waals surface area contributed by atoms with Gasteiger partial charge in [0.2, 0.25) is 17.7 Å². The summed E-state index contributed by atoms with van der Waals surface area (Å²) >= 11 is 3.41. The molecule has 0 saturated carbocycles. The molecular weight excluding hydrogens is 396 g/mol. The lowest BCUT2D eigenvalue weighted by atomic mass is 10.1. The van der Waals surface area contributed by atoms with Crippen LogP contribution in [0.15, 0.2) is 59.1 Å². The predicted molar refractivity (Wildman–Crippen MR) is 101 cm³/mol. The van der Waals surface area contributed by atoms with Crippen LogP contribution in [0.4, 0.5) is 0 Å². The van der Waals surface area contributed by atoms with Crippen molar-refractivity contribution in [1.29, 1.82) is 0 Å². The minimum Gasteiger partial charge on any atom is -0.324 e. The minimum atomic E-state index is -0.322. The summed E-state index contributed by atoms with van der Waals surface area (Å²) in [4.78, 5) is 39.8. The summed E-state index contributed by atoms with van der Waals surface area (Å²) < 4.78 is 0.840. The van der Waals surface area contributed by atoms with Crippen molar-refractivity contribution in [2.45, 2.75) is 12.8 Å². The lowest BCUT2D eigenvalue weighted by Crippen LogP contribution is -2.56. The Morgan fingerprint density at radius 2 is 1.54 bits per heavy atom. The lowest BCUT2D eigenvalue weighted by molar-refractivity contribution is -0.156. The van der Waals surface area contributed by atoms with Gasteiger partial charge in [-0.25, -0.2) is 0 Å². The Bertz CT molecular complexity index is 805. The Morgan fingerprint density at radius 3 is 2.19 bits per heavy atom. The zero-order valence-corrected chi connectivity index (χ0v) is 15.8. The first-order chi connectivity index (χ1) is 12.5. The number of benzene rings is 2. The Morgan fingerprint density at radius 1 is 0.923 bits per heavy atom. The number of hydrogen-bond donors (Lipinski definition) is 0. The average molecular weight is 415 g/mol. The smallest absolute Gasteiger partial charge is 0.248 e. The third kappa shape index (κ3) is 4.38. The molecule has 0 bridgehead atoms. The van der Waals surface area contributed by atoms with Gasteiger partial charge in [0.1, 0.15) is 13.1 Å². The van der Waals surface area contributed by atoms with Crippen LogP contribution in [0.25, 0.3) is 0 Å². The fourth-order valence-electron chi connectivity index (χ4n) is 2.92. The van der Waals surface area contributed by atoms with E-state index in [9.17, 15) is 14.4 Å². The molecule has 2 aromatic rings. The number of imide groups is 1. The topological polar surface area (TPSA) is 57.7 Å². The Hall–Kier alpha value is -2.47. The van der Waals surface area contributed by atoms with E-state index in [1.165, 1.54) is 9.80 Å². The van der Waals surface area contributed by atoms with Gasteiger partial charge < -0.3 is 4.90 Å². The second-order valence-corrected chi connectivity index (χ2v) is 7.05. The third-order valence-corrected chi connectivity index (χ3v) is 5.15. The summed E-state index contributed by atoms with van der Waals surface area (Å²) in [5, 5.41) is 0. The van der Waals surface area contributed by atoms with Gasteiger partial charge in [0, 0.05) is 11.0 Å². The highest BCUT2D eigenvalue weighted by atomic mass is 79.9. The van der Waals surface area contributed by atoms with E-state index >= 15 is 0 Å². The molecule has 26 heavy (non-hydrogen) atoms. The van der Waals surface area contributed by atoms with E-state index in [-0.39, 0.29) is 37.2 Å². The molecule has 0 aromatic heterocycles. The van der Waals surface area contributed by atoms with Crippen LogP contribution in [0, 0.1) is 0 Å². The maximum absolute atomic E-state index is 12.5. The van der Waals surface area contributed by atoms with E-state index in [0.717, 1.165) is 15.6 Å². The summed E-state index contributed by atoms with van der Waals surface area (Å²) in [6.07, 6.45) is 0.773. The van der Waals surface area contributed by atoms with Gasteiger partial charge in [-0.2, -0.15) is 0 Å². The molecule has 0 radical (unpaired) electrons. The van der Waals surface area contributed by atoms with Gasteiger partial charge >= 0.3 is 0 Å². The van der Waals surface area contributed by atoms with E-state index < -0.39 is 0 Å². The molecule has 0 unspecified atom stereocenters. The molecular formula is C20H19BrN2O3. The van der Waals surface area contributed by atoms with Gasteiger partial charge in [-0.3, -0.25) is 19.3 Å². The SMILES string of the molecule is O=C(Cc1ccccc1Br)N1CC(=O)N(CCc2ccccc2)C(=O)C1. The van der Waals surface area contributed by atoms with Crippen molar-refractivity contribution in [3.05, 3.63) is 70.2 Å². The molecule has 3 amide bonds. The van der Waals surface area contributed by atoms with Gasteiger partial charge in [-0.1, -0.05) is 64.5 Å². The molecule has 1 aliphatic heterocycles. The van der Waals surface area contributed by atoms with Gasteiger partial charge in [0.15, 0.2) is 0 Å². The molecule has 3 rings (SSSR count). The predicted octanol–water partition coefficient (Wildman–Crippen LogP) is 2.43. The Balaban J connectivity index is 1.59. The van der Waals surface area contributed by atoms with Crippen LogP contribution < -0.4 is 0 Å². The number of halogens is 1. The summed E-state index contributed by atoms with van der Waals surface area (Å²) in [6.45, 7) is 0.238. The fraction of sp³-hybridized carbons (Fsp3) is 0.250. The van der Waals surface area contributed by atoms with Crippen molar-refractivity contribution in [3.63, 3.8) is 0 Å². The minimum absolute atomic E-state index is 0.0518. The van der Waals surface area contributed by atoms with Crippen molar-refractivity contribution < 1.29 is 14.4 Å². The molecule has 134 valence electrons. The molecule has 0 spiro atoms. The first-order valence-corrected chi connectivity index (χ1v) is 9.22. The van der Waals surface area contributed by atoms with E-state index in [2.05, 4.69) is 15.9 Å². The molecule has 1 heterocycles. The zero-order valence-electron chi connectivity index (χ0n) is 14.2. The highest BCUT2D eigenvalue weighted by Crippen LogP contribution is 2.18. The van der Waals surface area contributed by atoms with Gasteiger partial charge in [-0.05, 0) is 23.6 Å². The lowest BCUT2D eigenvalue weighted by Gasteiger charge is -2.32. The van der Waals surface area contributed by atoms with E-state index in [1.807, 2.05) is 54.6 Å². The van der Waals surface area contributed by atoms with Crippen LogP contribution in [0.5, 0.6) is 0 Å². The molecule has 1 saturated heterocycles. The standard InChI is InChI=1S/C20H19BrN2O3/c21-17-9-5-4-8-16(17)12-18(24)22-13-19(25)23(20(26)14-22)11-10-15-6-2-1-3-7-15/h1-9H,10-14H2. The number of nitrogens with zero attached hydrogens (tertiary/aromatic N) is 2. The molecule has 0 aliphatic carbocycles. The van der Waals surface area contributed by atoms with Crippen LogP contribution in [0.2, 0.25) is 0 Å². The summed E-state index contributed by atoms with van der Waals surface area (Å²) in [5.74, 6) is -0.864. The molecule has 5 nitrogen and oxygen atoms in total. The number of carbonyl (C=O) groups excluding carboxylic acids is 3. The number of hydrogen-bond acceptors (Lipinski definition) is 3. The fourth-order valence-corrected chi connectivity index (χ4v) is 3.35. The average Bonchev–Trinajstić information content (AvgIpc) is 2.63. The molecule has 1 aliphatic rings. The van der Waals surface area contributed by atoms with Crippen molar-refractivity contribution >= 4 is 33.7 Å². The van der Waals surface area contributed by atoms with Gasteiger partial charge in [0.05, 0.1) is 6.42 Å². The van der Waals surface area contributed by atoms with Crippen molar-refractivity contribution in [3.8, 4) is 0 Å².